The van der Waals surface area contributed by atoms with Crippen LogP contribution in [-0.2, 0) is 0 Å². The Balaban J connectivity index is 1.74. The first-order valence-corrected chi connectivity index (χ1v) is 6.74. The van der Waals surface area contributed by atoms with Crippen molar-refractivity contribution in [3.05, 3.63) is 48.2 Å². The second-order valence-corrected chi connectivity index (χ2v) is 4.92. The molecule has 19 heavy (non-hydrogen) atoms. The Bertz CT molecular complexity index is 561. The summed E-state index contributed by atoms with van der Waals surface area (Å²) in [5, 5.41) is 8.68. The Morgan fingerprint density at radius 3 is 2.63 bits per heavy atom. The fraction of sp³-hybridized carbons (Fsp3) is 0.143. The first-order valence-electron chi connectivity index (χ1n) is 5.75. The van der Waals surface area contributed by atoms with Gasteiger partial charge in [-0.3, -0.25) is 0 Å². The molecule has 0 unspecified atom stereocenters. The van der Waals surface area contributed by atoms with Crippen LogP contribution in [0, 0.1) is 11.3 Å². The summed E-state index contributed by atoms with van der Waals surface area (Å²) in [7, 11) is 0. The summed E-state index contributed by atoms with van der Waals surface area (Å²) in [6.07, 6.45) is 1.75. The molecule has 4 nitrogen and oxygen atoms in total. The lowest BCUT2D eigenvalue weighted by Gasteiger charge is -2.06. The van der Waals surface area contributed by atoms with E-state index in [-0.39, 0.29) is 0 Å². The fourth-order valence-corrected chi connectivity index (χ4v) is 2.12. The molecule has 0 saturated carbocycles. The van der Waals surface area contributed by atoms with E-state index >= 15 is 0 Å². The normalized spacial score (nSPS) is 9.84. The van der Waals surface area contributed by atoms with Crippen molar-refractivity contribution in [2.75, 3.05) is 18.1 Å². The van der Waals surface area contributed by atoms with Crippen LogP contribution in [-0.4, -0.2) is 17.3 Å². The minimum Gasteiger partial charge on any atom is -0.493 e. The summed E-state index contributed by atoms with van der Waals surface area (Å²) in [6, 6.07) is 12.9. The molecule has 0 spiro atoms. The number of nitrogens with zero attached hydrogens (tertiary/aromatic N) is 2. The molecule has 2 aromatic rings. The highest BCUT2D eigenvalue weighted by molar-refractivity contribution is 7.99. The van der Waals surface area contributed by atoms with Crippen molar-refractivity contribution in [2.24, 2.45) is 0 Å². The number of pyridine rings is 1. The number of hydrogen-bond acceptors (Lipinski definition) is 5. The van der Waals surface area contributed by atoms with E-state index in [0.717, 1.165) is 16.4 Å². The molecular formula is C14H13N3OS. The van der Waals surface area contributed by atoms with Gasteiger partial charge in [-0.15, -0.1) is 11.8 Å². The van der Waals surface area contributed by atoms with Crippen LogP contribution in [0.1, 0.15) is 5.56 Å². The van der Waals surface area contributed by atoms with Gasteiger partial charge in [-0.1, -0.05) is 0 Å². The zero-order chi connectivity index (χ0) is 13.5. The van der Waals surface area contributed by atoms with Crippen LogP contribution in [0.5, 0.6) is 5.75 Å². The molecule has 5 heteroatoms. The van der Waals surface area contributed by atoms with Crippen molar-refractivity contribution in [3.63, 3.8) is 0 Å². The molecule has 0 atom stereocenters. The lowest BCUT2D eigenvalue weighted by molar-refractivity contribution is 0.344. The van der Waals surface area contributed by atoms with Crippen molar-refractivity contribution < 1.29 is 4.74 Å². The summed E-state index contributed by atoms with van der Waals surface area (Å²) in [6.45, 7) is 0.598. The van der Waals surface area contributed by atoms with Crippen molar-refractivity contribution in [2.45, 2.75) is 4.90 Å². The van der Waals surface area contributed by atoms with Crippen LogP contribution in [0.25, 0.3) is 0 Å². The van der Waals surface area contributed by atoms with Gasteiger partial charge in [-0.05, 0) is 36.4 Å². The third kappa shape index (κ3) is 4.19. The molecule has 1 aromatic heterocycles. The first-order chi connectivity index (χ1) is 9.28. The number of anilines is 1. The predicted octanol–water partition coefficient (Wildman–Crippen LogP) is 2.71. The maximum atomic E-state index is 8.68. The van der Waals surface area contributed by atoms with Crippen molar-refractivity contribution in [1.82, 2.24) is 4.98 Å². The Kier molecular flexibility index (Phi) is 4.65. The number of hydrogen-bond donors (Lipinski definition) is 1. The topological polar surface area (TPSA) is 71.9 Å². The number of rotatable bonds is 5. The molecule has 0 radical (unpaired) electrons. The molecule has 1 heterocycles. The Morgan fingerprint density at radius 1 is 1.21 bits per heavy atom. The van der Waals surface area contributed by atoms with Gasteiger partial charge < -0.3 is 10.5 Å². The second kappa shape index (κ2) is 6.66. The monoisotopic (exact) mass is 271 g/mol. The molecule has 0 saturated heterocycles. The van der Waals surface area contributed by atoms with Crippen LogP contribution < -0.4 is 10.5 Å². The third-order valence-corrected chi connectivity index (χ3v) is 3.31. The van der Waals surface area contributed by atoms with E-state index in [2.05, 4.69) is 11.1 Å². The highest BCUT2D eigenvalue weighted by Gasteiger charge is 1.97. The van der Waals surface area contributed by atoms with Crippen molar-refractivity contribution in [1.29, 1.82) is 5.26 Å². The molecule has 0 aliphatic heterocycles. The Hall–Kier alpha value is -2.19. The first kappa shape index (κ1) is 13.2. The maximum absolute atomic E-state index is 8.68. The van der Waals surface area contributed by atoms with Crippen molar-refractivity contribution >= 4 is 17.6 Å². The van der Waals surface area contributed by atoms with Crippen LogP contribution in [0.3, 0.4) is 0 Å². The quantitative estimate of drug-likeness (QED) is 0.668. The summed E-state index contributed by atoms with van der Waals surface area (Å²) in [5.41, 5.74) is 6.15. The van der Waals surface area contributed by atoms with Crippen LogP contribution in [0.4, 0.5) is 5.82 Å². The zero-order valence-electron chi connectivity index (χ0n) is 10.2. The molecule has 0 aliphatic rings. The smallest absolute Gasteiger partial charge is 0.123 e. The standard InChI is InChI=1S/C14H13N3OS/c15-9-11-1-3-12(4-2-11)18-7-8-19-13-5-6-14(16)17-10-13/h1-6,10H,7-8H2,(H2,16,17). The average molecular weight is 271 g/mol. The van der Waals surface area contributed by atoms with E-state index in [1.807, 2.05) is 6.07 Å². The molecule has 1 aromatic carbocycles. The number of ether oxygens (including phenoxy) is 1. The predicted molar refractivity (Wildman–Crippen MR) is 76.0 cm³/mol. The van der Waals surface area contributed by atoms with Gasteiger partial charge in [0, 0.05) is 16.8 Å². The van der Waals surface area contributed by atoms with Crippen molar-refractivity contribution in [3.8, 4) is 11.8 Å². The van der Waals surface area contributed by atoms with Gasteiger partial charge in [-0.25, -0.2) is 4.98 Å². The fourth-order valence-electron chi connectivity index (χ4n) is 1.42. The molecule has 2 rings (SSSR count). The average Bonchev–Trinajstić information content (AvgIpc) is 2.46. The molecule has 0 fully saturated rings. The Labute approximate surface area is 116 Å². The minimum atomic E-state index is 0.526. The van der Waals surface area contributed by atoms with E-state index in [1.54, 1.807) is 48.3 Å². The van der Waals surface area contributed by atoms with Gasteiger partial charge in [-0.2, -0.15) is 5.26 Å². The van der Waals surface area contributed by atoms with Crippen LogP contribution in [0.2, 0.25) is 0 Å². The zero-order valence-corrected chi connectivity index (χ0v) is 11.1. The number of aromatic nitrogens is 1. The van der Waals surface area contributed by atoms with Gasteiger partial charge in [0.2, 0.25) is 0 Å². The highest BCUT2D eigenvalue weighted by atomic mass is 32.2. The van der Waals surface area contributed by atoms with E-state index in [9.17, 15) is 0 Å². The van der Waals surface area contributed by atoms with E-state index in [0.29, 0.717) is 18.0 Å². The number of thioether (sulfide) groups is 1. The molecular weight excluding hydrogens is 258 g/mol. The number of benzene rings is 1. The van der Waals surface area contributed by atoms with Gasteiger partial charge in [0.05, 0.1) is 18.2 Å². The summed E-state index contributed by atoms with van der Waals surface area (Å²) >= 11 is 1.66. The SMILES string of the molecule is N#Cc1ccc(OCCSc2ccc(N)nc2)cc1. The molecule has 2 N–H and O–H groups in total. The van der Waals surface area contributed by atoms with Gasteiger partial charge >= 0.3 is 0 Å². The van der Waals surface area contributed by atoms with E-state index in [4.69, 9.17) is 15.7 Å². The summed E-state index contributed by atoms with van der Waals surface area (Å²) < 4.78 is 5.58. The molecule has 0 aliphatic carbocycles. The number of nitrogen functional groups attached to an aromatic ring is 1. The van der Waals surface area contributed by atoms with Crippen LogP contribution in [0.15, 0.2) is 47.5 Å². The third-order valence-electron chi connectivity index (χ3n) is 2.36. The lowest BCUT2D eigenvalue weighted by atomic mass is 10.2. The van der Waals surface area contributed by atoms with Crippen LogP contribution >= 0.6 is 11.8 Å². The number of nitrogens with two attached hydrogens (primary N) is 1. The maximum Gasteiger partial charge on any atom is 0.123 e. The highest BCUT2D eigenvalue weighted by Crippen LogP contribution is 2.18. The molecule has 0 bridgehead atoms. The number of nitriles is 1. The van der Waals surface area contributed by atoms with E-state index in [1.165, 1.54) is 0 Å². The summed E-state index contributed by atoms with van der Waals surface area (Å²) in [4.78, 5) is 5.09. The minimum absolute atomic E-state index is 0.526. The Morgan fingerprint density at radius 2 is 2.00 bits per heavy atom. The largest absolute Gasteiger partial charge is 0.493 e. The lowest BCUT2D eigenvalue weighted by Crippen LogP contribution is -2.00. The molecule has 0 amide bonds. The second-order valence-electron chi connectivity index (χ2n) is 3.75. The van der Waals surface area contributed by atoms with Gasteiger partial charge in [0.15, 0.2) is 0 Å². The van der Waals surface area contributed by atoms with E-state index < -0.39 is 0 Å². The van der Waals surface area contributed by atoms with Gasteiger partial charge in [0.25, 0.3) is 0 Å². The van der Waals surface area contributed by atoms with Gasteiger partial charge in [0.1, 0.15) is 11.6 Å². The summed E-state index contributed by atoms with van der Waals surface area (Å²) in [5.74, 6) is 2.12. The molecule has 96 valence electrons.